The van der Waals surface area contributed by atoms with Crippen LogP contribution in [0.1, 0.15) is 18.1 Å². The van der Waals surface area contributed by atoms with Gasteiger partial charge in [-0.15, -0.1) is 0 Å². The zero-order valence-corrected chi connectivity index (χ0v) is 11.8. The third-order valence-electron chi connectivity index (χ3n) is 2.08. The summed E-state index contributed by atoms with van der Waals surface area (Å²) >= 11 is 9.18. The highest BCUT2D eigenvalue weighted by Gasteiger charge is 2.14. The Bertz CT molecular complexity index is 473. The molecule has 0 bridgehead atoms. The molecule has 1 aromatic carbocycles. The van der Waals surface area contributed by atoms with Crippen LogP contribution in [0.15, 0.2) is 22.7 Å². The quantitative estimate of drug-likeness (QED) is 0.924. The van der Waals surface area contributed by atoms with Gasteiger partial charge in [-0.3, -0.25) is 0 Å². The summed E-state index contributed by atoms with van der Waals surface area (Å²) < 4.78 is 22.7. The fourth-order valence-corrected chi connectivity index (χ4v) is 2.52. The average Bonchev–Trinajstić information content (AvgIpc) is 2.17. The van der Waals surface area contributed by atoms with Crippen molar-refractivity contribution in [1.29, 1.82) is 0 Å². The van der Waals surface area contributed by atoms with E-state index >= 15 is 0 Å². The van der Waals surface area contributed by atoms with Crippen molar-refractivity contribution in [1.82, 2.24) is 0 Å². The van der Waals surface area contributed by atoms with Crippen molar-refractivity contribution in [2.24, 2.45) is 0 Å². The molecule has 0 aliphatic heterocycles. The number of rotatable bonds is 4. The molecule has 0 aliphatic carbocycles. The minimum Gasteiger partial charge on any atom is -0.388 e. The van der Waals surface area contributed by atoms with Crippen LogP contribution in [0.25, 0.3) is 0 Å². The van der Waals surface area contributed by atoms with Crippen molar-refractivity contribution >= 4 is 37.4 Å². The third-order valence-corrected chi connectivity index (χ3v) is 3.89. The van der Waals surface area contributed by atoms with E-state index in [4.69, 9.17) is 11.6 Å². The summed E-state index contributed by atoms with van der Waals surface area (Å²) in [6.45, 7) is 0. The zero-order valence-electron chi connectivity index (χ0n) is 8.65. The molecule has 1 aromatic rings. The largest absolute Gasteiger partial charge is 0.388 e. The lowest BCUT2D eigenvalue weighted by Crippen LogP contribution is -2.08. The first kappa shape index (κ1) is 14.0. The minimum absolute atomic E-state index is 0.0585. The Morgan fingerprint density at radius 1 is 1.50 bits per heavy atom. The van der Waals surface area contributed by atoms with Crippen LogP contribution < -0.4 is 0 Å². The van der Waals surface area contributed by atoms with Crippen LogP contribution >= 0.6 is 27.5 Å². The van der Waals surface area contributed by atoms with E-state index in [1.165, 1.54) is 0 Å². The van der Waals surface area contributed by atoms with E-state index in [1.807, 2.05) is 0 Å². The molecule has 0 amide bonds. The lowest BCUT2D eigenvalue weighted by atomic mass is 10.1. The number of aliphatic hydroxyl groups excluding tert-OH is 1. The van der Waals surface area contributed by atoms with Gasteiger partial charge in [0.25, 0.3) is 0 Å². The van der Waals surface area contributed by atoms with Crippen LogP contribution in [0.5, 0.6) is 0 Å². The molecule has 0 spiro atoms. The van der Waals surface area contributed by atoms with Gasteiger partial charge in [-0.25, -0.2) is 8.42 Å². The molecule has 0 aromatic heterocycles. The fraction of sp³-hybridized carbons (Fsp3) is 0.400. The summed E-state index contributed by atoms with van der Waals surface area (Å²) in [7, 11) is -3.06. The normalized spacial score (nSPS) is 13.8. The van der Waals surface area contributed by atoms with Gasteiger partial charge in [0.05, 0.1) is 11.9 Å². The van der Waals surface area contributed by atoms with Crippen molar-refractivity contribution in [3.63, 3.8) is 0 Å². The highest BCUT2D eigenvalue weighted by atomic mass is 79.9. The number of hydrogen-bond donors (Lipinski definition) is 1. The van der Waals surface area contributed by atoms with E-state index in [2.05, 4.69) is 15.9 Å². The van der Waals surface area contributed by atoms with E-state index in [9.17, 15) is 13.5 Å². The molecule has 1 unspecified atom stereocenters. The smallest absolute Gasteiger partial charge is 0.147 e. The fourth-order valence-electron chi connectivity index (χ4n) is 1.25. The van der Waals surface area contributed by atoms with Crippen LogP contribution in [0, 0.1) is 0 Å². The Morgan fingerprint density at radius 2 is 2.12 bits per heavy atom. The van der Waals surface area contributed by atoms with Gasteiger partial charge in [-0.1, -0.05) is 27.5 Å². The molecule has 1 atom stereocenters. The molecule has 0 heterocycles. The predicted molar refractivity (Wildman–Crippen MR) is 68.4 cm³/mol. The second kappa shape index (κ2) is 5.49. The Morgan fingerprint density at radius 3 is 2.69 bits per heavy atom. The number of halogens is 2. The summed E-state index contributed by atoms with van der Waals surface area (Å²) in [6, 6.07) is 5.11. The first-order chi connectivity index (χ1) is 7.29. The predicted octanol–water partition coefficient (Wildman–Crippen LogP) is 2.57. The van der Waals surface area contributed by atoms with Crippen LogP contribution in [0.2, 0.25) is 5.02 Å². The first-order valence-corrected chi connectivity index (χ1v) is 7.83. The maximum atomic E-state index is 11.0. The van der Waals surface area contributed by atoms with Crippen molar-refractivity contribution in [2.45, 2.75) is 12.5 Å². The van der Waals surface area contributed by atoms with Crippen LogP contribution in [0.3, 0.4) is 0 Å². The van der Waals surface area contributed by atoms with Crippen LogP contribution in [0.4, 0.5) is 0 Å². The van der Waals surface area contributed by atoms with Gasteiger partial charge in [0.1, 0.15) is 9.84 Å². The first-order valence-electron chi connectivity index (χ1n) is 4.60. The molecule has 0 radical (unpaired) electrons. The minimum atomic E-state index is -3.06. The van der Waals surface area contributed by atoms with E-state index in [-0.39, 0.29) is 12.2 Å². The molecule has 1 N–H and O–H groups in total. The Hall–Kier alpha value is -0.100. The topological polar surface area (TPSA) is 54.4 Å². The molecular weight excluding hydrogens is 316 g/mol. The van der Waals surface area contributed by atoms with Gasteiger partial charge >= 0.3 is 0 Å². The Labute approximate surface area is 108 Å². The second-order valence-corrected chi connectivity index (χ2v) is 7.18. The van der Waals surface area contributed by atoms with Gasteiger partial charge < -0.3 is 5.11 Å². The molecule has 90 valence electrons. The molecule has 6 heteroatoms. The zero-order chi connectivity index (χ0) is 12.3. The number of hydrogen-bond acceptors (Lipinski definition) is 3. The molecule has 0 aliphatic rings. The number of benzene rings is 1. The molecule has 0 saturated heterocycles. The lowest BCUT2D eigenvalue weighted by molar-refractivity contribution is 0.174. The van der Waals surface area contributed by atoms with Gasteiger partial charge in [0, 0.05) is 21.3 Å². The lowest BCUT2D eigenvalue weighted by Gasteiger charge is -2.12. The second-order valence-electron chi connectivity index (χ2n) is 3.60. The number of sulfone groups is 1. The molecule has 0 saturated carbocycles. The van der Waals surface area contributed by atoms with Gasteiger partial charge in [0.15, 0.2) is 0 Å². The summed E-state index contributed by atoms with van der Waals surface area (Å²) in [4.78, 5) is 0. The van der Waals surface area contributed by atoms with Crippen LogP contribution in [-0.2, 0) is 9.84 Å². The maximum Gasteiger partial charge on any atom is 0.147 e. The molecule has 3 nitrogen and oxygen atoms in total. The monoisotopic (exact) mass is 326 g/mol. The van der Waals surface area contributed by atoms with Crippen molar-refractivity contribution < 1.29 is 13.5 Å². The number of aliphatic hydroxyl groups is 1. The molecule has 1 rings (SSSR count). The van der Waals surface area contributed by atoms with Crippen molar-refractivity contribution in [2.75, 3.05) is 12.0 Å². The van der Waals surface area contributed by atoms with E-state index in [0.717, 1.165) is 10.7 Å². The van der Waals surface area contributed by atoms with Crippen molar-refractivity contribution in [3.8, 4) is 0 Å². The highest BCUT2D eigenvalue weighted by molar-refractivity contribution is 9.10. The van der Waals surface area contributed by atoms with E-state index < -0.39 is 15.9 Å². The molecular formula is C10H12BrClO3S. The maximum absolute atomic E-state index is 11.0. The highest BCUT2D eigenvalue weighted by Crippen LogP contribution is 2.28. The van der Waals surface area contributed by atoms with E-state index in [0.29, 0.717) is 10.6 Å². The molecule has 0 fully saturated rings. The van der Waals surface area contributed by atoms with Gasteiger partial charge in [-0.2, -0.15) is 0 Å². The summed E-state index contributed by atoms with van der Waals surface area (Å²) in [6.07, 6.45) is 0.428. The summed E-state index contributed by atoms with van der Waals surface area (Å²) in [5, 5.41) is 10.3. The van der Waals surface area contributed by atoms with Gasteiger partial charge in [0.2, 0.25) is 0 Å². The van der Waals surface area contributed by atoms with Crippen LogP contribution in [-0.4, -0.2) is 25.5 Å². The Balaban J connectivity index is 2.80. The third kappa shape index (κ3) is 4.41. The molecule has 16 heavy (non-hydrogen) atoms. The summed E-state index contributed by atoms with van der Waals surface area (Å²) in [5.41, 5.74) is 0.541. The Kier molecular flexibility index (Phi) is 4.79. The SMILES string of the molecule is CS(=O)(=O)CCC(O)c1cc(Br)ccc1Cl. The van der Waals surface area contributed by atoms with E-state index in [1.54, 1.807) is 18.2 Å². The summed E-state index contributed by atoms with van der Waals surface area (Å²) in [5.74, 6) is -0.0585. The van der Waals surface area contributed by atoms with Gasteiger partial charge in [-0.05, 0) is 24.6 Å². The van der Waals surface area contributed by atoms with Crippen molar-refractivity contribution in [3.05, 3.63) is 33.3 Å². The standard InChI is InChI=1S/C10H12BrClO3S/c1-16(14,15)5-4-10(13)8-6-7(11)2-3-9(8)12/h2-3,6,10,13H,4-5H2,1H3. The average molecular weight is 328 g/mol.